The number of amides is 1. The molecule has 0 unspecified atom stereocenters. The zero-order valence-electron chi connectivity index (χ0n) is 16.4. The first kappa shape index (κ1) is 19.8. The highest BCUT2D eigenvalue weighted by atomic mass is 32.1. The first-order valence-corrected chi connectivity index (χ1v) is 10.9. The highest BCUT2D eigenvalue weighted by molar-refractivity contribution is 7.12. The third-order valence-electron chi connectivity index (χ3n) is 5.37. The number of hydrogen-bond donors (Lipinski definition) is 1. The van der Waals surface area contributed by atoms with Gasteiger partial charge in [-0.1, -0.05) is 42.5 Å². The molecule has 29 heavy (non-hydrogen) atoms. The molecule has 1 aromatic carbocycles. The minimum atomic E-state index is -0.00314. The average Bonchev–Trinajstić information content (AvgIpc) is 3.31. The van der Waals surface area contributed by atoms with Gasteiger partial charge in [0.25, 0.3) is 5.91 Å². The number of nitrogens with one attached hydrogen (secondary N) is 1. The van der Waals surface area contributed by atoms with Crippen molar-refractivity contribution in [3.05, 3.63) is 88.4 Å². The molecule has 0 spiro atoms. The number of hydrogen-bond acceptors (Lipinski definition) is 5. The van der Waals surface area contributed by atoms with Gasteiger partial charge in [-0.2, -0.15) is 0 Å². The lowest BCUT2D eigenvalue weighted by atomic mass is 10.1. The second-order valence-corrected chi connectivity index (χ2v) is 8.23. The summed E-state index contributed by atoms with van der Waals surface area (Å²) in [6, 6.07) is 18.6. The minimum Gasteiger partial charge on any atom is -0.349 e. The maximum absolute atomic E-state index is 12.4. The van der Waals surface area contributed by atoms with Crippen LogP contribution in [0.2, 0.25) is 0 Å². The van der Waals surface area contributed by atoms with E-state index in [1.165, 1.54) is 16.9 Å². The van der Waals surface area contributed by atoms with Crippen molar-refractivity contribution in [2.45, 2.75) is 12.6 Å². The molecule has 1 atom stereocenters. The van der Waals surface area contributed by atoms with Crippen LogP contribution < -0.4 is 5.32 Å². The summed E-state index contributed by atoms with van der Waals surface area (Å²) in [6.07, 6.45) is 3.71. The first-order chi connectivity index (χ1) is 14.3. The molecule has 0 aliphatic carbocycles. The third kappa shape index (κ3) is 5.29. The molecule has 1 fully saturated rings. The Balaban J connectivity index is 1.38. The van der Waals surface area contributed by atoms with Crippen LogP contribution in [0.15, 0.2) is 72.4 Å². The Labute approximate surface area is 176 Å². The summed E-state index contributed by atoms with van der Waals surface area (Å²) in [6.45, 7) is 5.56. The van der Waals surface area contributed by atoms with E-state index in [1.54, 1.807) is 6.20 Å². The van der Waals surface area contributed by atoms with E-state index in [0.29, 0.717) is 6.54 Å². The summed E-state index contributed by atoms with van der Waals surface area (Å²) in [4.78, 5) is 22.5. The van der Waals surface area contributed by atoms with E-state index in [2.05, 4.69) is 56.5 Å². The number of carbonyl (C=O) groups excluding carboxylic acids is 1. The van der Waals surface area contributed by atoms with Crippen molar-refractivity contribution in [3.63, 3.8) is 0 Å². The summed E-state index contributed by atoms with van der Waals surface area (Å²) in [5.41, 5.74) is 2.50. The molecule has 150 valence electrons. The number of carbonyl (C=O) groups is 1. The van der Waals surface area contributed by atoms with E-state index < -0.39 is 0 Å². The van der Waals surface area contributed by atoms with Gasteiger partial charge in [0, 0.05) is 51.7 Å². The standard InChI is InChI=1S/C23H26N4OS/c28-23(22-9-5-15-29-22)25-17-21(20-8-4-10-24-16-20)27-13-11-26(12-14-27)18-19-6-2-1-3-7-19/h1-10,15-16,21H,11-14,17-18H2,(H,25,28)/t21-/m0/s1. The lowest BCUT2D eigenvalue weighted by Gasteiger charge is -2.39. The molecule has 4 rings (SSSR count). The molecular formula is C23H26N4OS. The predicted molar refractivity (Wildman–Crippen MR) is 117 cm³/mol. The normalized spacial score (nSPS) is 16.4. The Morgan fingerprint density at radius 3 is 2.55 bits per heavy atom. The molecule has 3 aromatic rings. The molecule has 0 radical (unpaired) electrons. The Morgan fingerprint density at radius 1 is 1.03 bits per heavy atom. The Hall–Kier alpha value is -2.54. The lowest BCUT2D eigenvalue weighted by molar-refractivity contribution is 0.0824. The van der Waals surface area contributed by atoms with Crippen molar-refractivity contribution in [3.8, 4) is 0 Å². The molecule has 1 aliphatic heterocycles. The smallest absolute Gasteiger partial charge is 0.261 e. The number of pyridine rings is 1. The van der Waals surface area contributed by atoms with Crippen LogP contribution in [0.4, 0.5) is 0 Å². The van der Waals surface area contributed by atoms with Crippen LogP contribution in [0.25, 0.3) is 0 Å². The second-order valence-electron chi connectivity index (χ2n) is 7.29. The molecule has 1 saturated heterocycles. The van der Waals surface area contributed by atoms with Crippen molar-refractivity contribution in [1.82, 2.24) is 20.1 Å². The number of piperazine rings is 1. The molecular weight excluding hydrogens is 380 g/mol. The largest absolute Gasteiger partial charge is 0.349 e. The quantitative estimate of drug-likeness (QED) is 0.653. The van der Waals surface area contributed by atoms with E-state index >= 15 is 0 Å². The van der Waals surface area contributed by atoms with Crippen LogP contribution in [0.3, 0.4) is 0 Å². The maximum Gasteiger partial charge on any atom is 0.261 e. The molecule has 6 heteroatoms. The molecule has 5 nitrogen and oxygen atoms in total. The molecule has 2 aromatic heterocycles. The molecule has 1 N–H and O–H groups in total. The summed E-state index contributed by atoms with van der Waals surface area (Å²) in [5.74, 6) is -0.00314. The van der Waals surface area contributed by atoms with Gasteiger partial charge in [0.2, 0.25) is 0 Å². The summed E-state index contributed by atoms with van der Waals surface area (Å²) in [7, 11) is 0. The average molecular weight is 407 g/mol. The van der Waals surface area contributed by atoms with Crippen molar-refractivity contribution < 1.29 is 4.79 Å². The van der Waals surface area contributed by atoms with Gasteiger partial charge in [-0.25, -0.2) is 0 Å². The fourth-order valence-corrected chi connectivity index (χ4v) is 4.43. The van der Waals surface area contributed by atoms with E-state index in [9.17, 15) is 4.79 Å². The third-order valence-corrected chi connectivity index (χ3v) is 6.24. The summed E-state index contributed by atoms with van der Waals surface area (Å²) < 4.78 is 0. The molecule has 3 heterocycles. The van der Waals surface area contributed by atoms with Crippen LogP contribution in [0.5, 0.6) is 0 Å². The van der Waals surface area contributed by atoms with E-state index in [-0.39, 0.29) is 11.9 Å². The minimum absolute atomic E-state index is 0.00314. The SMILES string of the molecule is O=C(NC[C@@H](c1cccnc1)N1CCN(Cc2ccccc2)CC1)c1cccs1. The van der Waals surface area contributed by atoms with Gasteiger partial charge in [0.15, 0.2) is 0 Å². The van der Waals surface area contributed by atoms with Gasteiger partial charge >= 0.3 is 0 Å². The highest BCUT2D eigenvalue weighted by Crippen LogP contribution is 2.22. The van der Waals surface area contributed by atoms with E-state index in [0.717, 1.165) is 43.2 Å². The van der Waals surface area contributed by atoms with Crippen molar-refractivity contribution in [2.24, 2.45) is 0 Å². The number of rotatable bonds is 7. The number of aromatic nitrogens is 1. The Kier molecular flexibility index (Phi) is 6.67. The fourth-order valence-electron chi connectivity index (χ4n) is 3.79. The highest BCUT2D eigenvalue weighted by Gasteiger charge is 2.26. The molecule has 0 saturated carbocycles. The zero-order valence-corrected chi connectivity index (χ0v) is 17.2. The van der Waals surface area contributed by atoms with Crippen molar-refractivity contribution in [1.29, 1.82) is 0 Å². The van der Waals surface area contributed by atoms with Gasteiger partial charge < -0.3 is 5.32 Å². The van der Waals surface area contributed by atoms with Crippen molar-refractivity contribution in [2.75, 3.05) is 32.7 Å². The van der Waals surface area contributed by atoms with Gasteiger partial charge in [-0.15, -0.1) is 11.3 Å². The van der Waals surface area contributed by atoms with Gasteiger partial charge in [-0.05, 0) is 28.6 Å². The monoisotopic (exact) mass is 406 g/mol. The maximum atomic E-state index is 12.4. The first-order valence-electron chi connectivity index (χ1n) is 10.0. The molecule has 0 bridgehead atoms. The number of benzene rings is 1. The van der Waals surface area contributed by atoms with Gasteiger partial charge in [0.1, 0.15) is 0 Å². The lowest BCUT2D eigenvalue weighted by Crippen LogP contribution is -2.49. The number of thiophene rings is 1. The molecule has 1 amide bonds. The second kappa shape index (κ2) is 9.78. The van der Waals surface area contributed by atoms with Crippen LogP contribution in [-0.4, -0.2) is 53.4 Å². The van der Waals surface area contributed by atoms with Crippen LogP contribution >= 0.6 is 11.3 Å². The summed E-state index contributed by atoms with van der Waals surface area (Å²) >= 11 is 1.47. The topological polar surface area (TPSA) is 48.5 Å². The van der Waals surface area contributed by atoms with Crippen LogP contribution in [0, 0.1) is 0 Å². The zero-order chi connectivity index (χ0) is 19.9. The van der Waals surface area contributed by atoms with Crippen LogP contribution in [0.1, 0.15) is 26.8 Å². The van der Waals surface area contributed by atoms with Crippen molar-refractivity contribution >= 4 is 17.2 Å². The molecule has 1 aliphatic rings. The predicted octanol–water partition coefficient (Wildman–Crippen LogP) is 3.43. The van der Waals surface area contributed by atoms with Gasteiger partial charge in [0.05, 0.1) is 10.9 Å². The van der Waals surface area contributed by atoms with Gasteiger partial charge in [-0.3, -0.25) is 19.6 Å². The Bertz CT molecular complexity index is 878. The fraction of sp³-hybridized carbons (Fsp3) is 0.304. The number of nitrogens with zero attached hydrogens (tertiary/aromatic N) is 3. The van der Waals surface area contributed by atoms with E-state index in [1.807, 2.05) is 29.8 Å². The van der Waals surface area contributed by atoms with Crippen LogP contribution in [-0.2, 0) is 6.54 Å². The Morgan fingerprint density at radius 2 is 1.86 bits per heavy atom. The summed E-state index contributed by atoms with van der Waals surface area (Å²) in [5, 5.41) is 5.05. The van der Waals surface area contributed by atoms with E-state index in [4.69, 9.17) is 0 Å².